The van der Waals surface area contributed by atoms with Gasteiger partial charge in [-0.1, -0.05) is 68.9 Å². The summed E-state index contributed by atoms with van der Waals surface area (Å²) in [4.78, 5) is 0. The van der Waals surface area contributed by atoms with Crippen LogP contribution in [0.5, 0.6) is 0 Å². The first-order valence-electron chi connectivity index (χ1n) is 6.32. The number of hydrogen-bond acceptors (Lipinski definition) is 1. The Kier molecular flexibility index (Phi) is 9.46. The van der Waals surface area contributed by atoms with E-state index < -0.39 is 0 Å². The number of ether oxygens (including phenoxy) is 1. The summed E-state index contributed by atoms with van der Waals surface area (Å²) < 4.78 is 5.28. The van der Waals surface area contributed by atoms with E-state index in [1.165, 1.54) is 5.57 Å². The topological polar surface area (TPSA) is 9.23 Å². The molecule has 1 atom stereocenters. The van der Waals surface area contributed by atoms with Crippen LogP contribution >= 0.6 is 0 Å². The standard InChI is InChI=1S/C16H26O/c1-6-16(17-5)13-12-15(4)11-9-7-8-10-14(2)3/h7-14,16H,6H2,1-5H3/b9-7+,10-8+,13-12+,15-11+/t16-/m0/s1. The molecule has 17 heavy (non-hydrogen) atoms. The Hall–Kier alpha value is -1.08. The lowest BCUT2D eigenvalue weighted by Crippen LogP contribution is -2.03. The third kappa shape index (κ3) is 9.83. The van der Waals surface area contributed by atoms with Gasteiger partial charge in [-0.3, -0.25) is 0 Å². The molecule has 0 fully saturated rings. The van der Waals surface area contributed by atoms with E-state index in [2.05, 4.69) is 70.2 Å². The van der Waals surface area contributed by atoms with Crippen molar-refractivity contribution in [2.24, 2.45) is 5.92 Å². The van der Waals surface area contributed by atoms with Gasteiger partial charge in [0.2, 0.25) is 0 Å². The van der Waals surface area contributed by atoms with Crippen molar-refractivity contribution in [3.05, 3.63) is 48.1 Å². The molecule has 0 saturated carbocycles. The van der Waals surface area contributed by atoms with Gasteiger partial charge in [-0.25, -0.2) is 0 Å². The van der Waals surface area contributed by atoms with Crippen LogP contribution in [-0.4, -0.2) is 13.2 Å². The van der Waals surface area contributed by atoms with E-state index in [0.717, 1.165) is 6.42 Å². The maximum atomic E-state index is 5.28. The lowest BCUT2D eigenvalue weighted by atomic mass is 10.2. The summed E-state index contributed by atoms with van der Waals surface area (Å²) in [7, 11) is 1.74. The van der Waals surface area contributed by atoms with Crippen molar-refractivity contribution < 1.29 is 4.74 Å². The van der Waals surface area contributed by atoms with Gasteiger partial charge in [0, 0.05) is 7.11 Å². The zero-order valence-corrected chi connectivity index (χ0v) is 11.8. The third-order valence-electron chi connectivity index (χ3n) is 2.36. The molecule has 0 aromatic carbocycles. The second-order valence-electron chi connectivity index (χ2n) is 4.47. The summed E-state index contributed by atoms with van der Waals surface area (Å²) in [5.41, 5.74) is 1.23. The monoisotopic (exact) mass is 234 g/mol. The quantitative estimate of drug-likeness (QED) is 0.581. The largest absolute Gasteiger partial charge is 0.377 e. The van der Waals surface area contributed by atoms with E-state index in [9.17, 15) is 0 Å². The molecule has 0 aromatic heterocycles. The molecule has 96 valence electrons. The summed E-state index contributed by atoms with van der Waals surface area (Å²) in [5.74, 6) is 0.608. The number of allylic oxidation sites excluding steroid dienone is 7. The van der Waals surface area contributed by atoms with E-state index in [-0.39, 0.29) is 6.10 Å². The molecular weight excluding hydrogens is 208 g/mol. The summed E-state index contributed by atoms with van der Waals surface area (Å²) in [5, 5.41) is 0. The molecule has 0 unspecified atom stereocenters. The van der Waals surface area contributed by atoms with E-state index >= 15 is 0 Å². The average molecular weight is 234 g/mol. The molecule has 1 nitrogen and oxygen atoms in total. The second kappa shape index (κ2) is 10.1. The Morgan fingerprint density at radius 2 is 1.82 bits per heavy atom. The van der Waals surface area contributed by atoms with Crippen LogP contribution in [0.15, 0.2) is 48.1 Å². The fourth-order valence-corrected chi connectivity index (χ4v) is 1.25. The van der Waals surface area contributed by atoms with E-state index in [4.69, 9.17) is 4.74 Å². The van der Waals surface area contributed by atoms with Gasteiger partial charge in [0.05, 0.1) is 6.10 Å². The van der Waals surface area contributed by atoms with Gasteiger partial charge in [-0.2, -0.15) is 0 Å². The SMILES string of the molecule is CC[C@@H](/C=C/C(C)=C/C=C/C=C/C(C)C)OC. The summed E-state index contributed by atoms with van der Waals surface area (Å²) in [6, 6.07) is 0. The summed E-state index contributed by atoms with van der Waals surface area (Å²) in [6.07, 6.45) is 15.9. The van der Waals surface area contributed by atoms with E-state index in [0.29, 0.717) is 5.92 Å². The molecule has 0 saturated heterocycles. The lowest BCUT2D eigenvalue weighted by Gasteiger charge is -2.05. The van der Waals surface area contributed by atoms with Crippen LogP contribution in [0, 0.1) is 5.92 Å². The van der Waals surface area contributed by atoms with Gasteiger partial charge in [-0.05, 0) is 19.3 Å². The minimum atomic E-state index is 0.225. The summed E-state index contributed by atoms with van der Waals surface area (Å²) >= 11 is 0. The van der Waals surface area contributed by atoms with Gasteiger partial charge in [0.15, 0.2) is 0 Å². The van der Waals surface area contributed by atoms with Crippen molar-refractivity contribution >= 4 is 0 Å². The zero-order valence-electron chi connectivity index (χ0n) is 11.8. The molecule has 0 heterocycles. The Labute approximate surface area is 107 Å². The van der Waals surface area contributed by atoms with E-state index in [1.54, 1.807) is 7.11 Å². The smallest absolute Gasteiger partial charge is 0.0752 e. The Balaban J connectivity index is 4.17. The van der Waals surface area contributed by atoms with Crippen LogP contribution < -0.4 is 0 Å². The van der Waals surface area contributed by atoms with Crippen LogP contribution in [0.25, 0.3) is 0 Å². The second-order valence-corrected chi connectivity index (χ2v) is 4.47. The highest BCUT2D eigenvalue weighted by molar-refractivity contribution is 5.24. The Morgan fingerprint density at radius 1 is 1.12 bits per heavy atom. The predicted octanol–water partition coefficient (Wildman–Crippen LogP) is 4.68. The van der Waals surface area contributed by atoms with Crippen molar-refractivity contribution in [2.45, 2.75) is 40.2 Å². The molecule has 0 aliphatic heterocycles. The van der Waals surface area contributed by atoms with Crippen LogP contribution in [0.2, 0.25) is 0 Å². The molecule has 0 aliphatic carbocycles. The summed E-state index contributed by atoms with van der Waals surface area (Å²) in [6.45, 7) is 8.55. The van der Waals surface area contributed by atoms with Crippen LogP contribution in [0.3, 0.4) is 0 Å². The molecule has 0 rings (SSSR count). The number of methoxy groups -OCH3 is 1. The maximum absolute atomic E-state index is 5.28. The van der Waals surface area contributed by atoms with Gasteiger partial charge in [0.25, 0.3) is 0 Å². The van der Waals surface area contributed by atoms with Crippen LogP contribution in [0.4, 0.5) is 0 Å². The molecule has 0 N–H and O–H groups in total. The Morgan fingerprint density at radius 3 is 2.35 bits per heavy atom. The van der Waals surface area contributed by atoms with Gasteiger partial charge < -0.3 is 4.74 Å². The van der Waals surface area contributed by atoms with Crippen molar-refractivity contribution in [3.8, 4) is 0 Å². The fraction of sp³-hybridized carbons (Fsp3) is 0.500. The molecule has 0 bridgehead atoms. The van der Waals surface area contributed by atoms with Crippen molar-refractivity contribution in [1.82, 2.24) is 0 Å². The highest BCUT2D eigenvalue weighted by Gasteiger charge is 1.95. The number of rotatable bonds is 7. The van der Waals surface area contributed by atoms with Crippen molar-refractivity contribution in [1.29, 1.82) is 0 Å². The molecular formula is C16H26O. The predicted molar refractivity (Wildman–Crippen MR) is 77.1 cm³/mol. The van der Waals surface area contributed by atoms with Gasteiger partial charge in [-0.15, -0.1) is 0 Å². The molecule has 1 heteroatoms. The Bertz CT molecular complexity index is 289. The lowest BCUT2D eigenvalue weighted by molar-refractivity contribution is 0.138. The number of hydrogen-bond donors (Lipinski definition) is 0. The van der Waals surface area contributed by atoms with Crippen molar-refractivity contribution in [2.75, 3.05) is 7.11 Å². The zero-order chi connectivity index (χ0) is 13.1. The fourth-order valence-electron chi connectivity index (χ4n) is 1.25. The first-order chi connectivity index (χ1) is 8.10. The van der Waals surface area contributed by atoms with Gasteiger partial charge >= 0.3 is 0 Å². The van der Waals surface area contributed by atoms with Crippen LogP contribution in [-0.2, 0) is 4.74 Å². The highest BCUT2D eigenvalue weighted by Crippen LogP contribution is 2.02. The van der Waals surface area contributed by atoms with Gasteiger partial charge in [0.1, 0.15) is 0 Å². The molecule has 0 aromatic rings. The minimum absolute atomic E-state index is 0.225. The normalized spacial score (nSPS) is 15.8. The first-order valence-corrected chi connectivity index (χ1v) is 6.32. The average Bonchev–Trinajstić information content (AvgIpc) is 2.29. The first kappa shape index (κ1) is 15.9. The van der Waals surface area contributed by atoms with Crippen molar-refractivity contribution in [3.63, 3.8) is 0 Å². The highest BCUT2D eigenvalue weighted by atomic mass is 16.5. The third-order valence-corrected chi connectivity index (χ3v) is 2.36. The molecule has 0 aliphatic rings. The van der Waals surface area contributed by atoms with Crippen LogP contribution in [0.1, 0.15) is 34.1 Å². The maximum Gasteiger partial charge on any atom is 0.0752 e. The van der Waals surface area contributed by atoms with E-state index in [1.807, 2.05) is 0 Å². The molecule has 0 amide bonds. The minimum Gasteiger partial charge on any atom is -0.377 e. The molecule has 0 radical (unpaired) electrons. The molecule has 0 spiro atoms.